The maximum atomic E-state index is 12.0. The van der Waals surface area contributed by atoms with E-state index in [0.717, 1.165) is 5.56 Å². The topological polar surface area (TPSA) is 77.2 Å². The van der Waals surface area contributed by atoms with E-state index in [1.54, 1.807) is 24.6 Å². The molecule has 0 fully saturated rings. The van der Waals surface area contributed by atoms with Gasteiger partial charge in [0.05, 0.1) is 23.9 Å². The van der Waals surface area contributed by atoms with E-state index in [2.05, 4.69) is 10.3 Å². The lowest BCUT2D eigenvalue weighted by Crippen LogP contribution is -2.12. The van der Waals surface area contributed by atoms with Crippen LogP contribution in [0.5, 0.6) is 5.75 Å². The fourth-order valence-electron chi connectivity index (χ4n) is 1.44. The van der Waals surface area contributed by atoms with Crippen molar-refractivity contribution in [2.75, 3.05) is 18.2 Å². The normalized spacial score (nSPS) is 10.1. The van der Waals surface area contributed by atoms with Crippen LogP contribution >= 0.6 is 11.3 Å². The van der Waals surface area contributed by atoms with E-state index >= 15 is 0 Å². The first-order chi connectivity index (χ1) is 8.60. The molecule has 0 aromatic carbocycles. The molecular weight excluding hydrogens is 250 g/mol. The fraction of sp³-hybridized carbons (Fsp3) is 0.167. The van der Waals surface area contributed by atoms with Gasteiger partial charge < -0.3 is 15.8 Å². The summed E-state index contributed by atoms with van der Waals surface area (Å²) in [5, 5.41) is 4.52. The summed E-state index contributed by atoms with van der Waals surface area (Å²) in [6, 6.07) is 3.45. The second-order valence-corrected chi connectivity index (χ2v) is 4.65. The first-order valence-electron chi connectivity index (χ1n) is 5.26. The van der Waals surface area contributed by atoms with Crippen molar-refractivity contribution in [2.45, 2.75) is 6.92 Å². The third kappa shape index (κ3) is 2.60. The summed E-state index contributed by atoms with van der Waals surface area (Å²) < 4.78 is 5.03. The minimum atomic E-state index is -0.205. The lowest BCUT2D eigenvalue weighted by atomic mass is 10.2. The number of amides is 1. The second kappa shape index (κ2) is 5.05. The van der Waals surface area contributed by atoms with Crippen LogP contribution in [0.1, 0.15) is 15.2 Å². The van der Waals surface area contributed by atoms with Gasteiger partial charge in [0.1, 0.15) is 11.6 Å². The minimum Gasteiger partial charge on any atom is -0.496 e. The molecular formula is C12H13N3O2S. The van der Waals surface area contributed by atoms with Crippen LogP contribution in [0.4, 0.5) is 11.5 Å². The van der Waals surface area contributed by atoms with Crippen LogP contribution in [0.3, 0.4) is 0 Å². The van der Waals surface area contributed by atoms with Gasteiger partial charge in [-0.05, 0) is 18.6 Å². The number of hydrogen-bond donors (Lipinski definition) is 2. The number of methoxy groups -OCH3 is 1. The lowest BCUT2D eigenvalue weighted by Gasteiger charge is -2.06. The molecule has 94 valence electrons. The Balaban J connectivity index is 2.16. The van der Waals surface area contributed by atoms with E-state index < -0.39 is 0 Å². The number of carbonyl (C=O) groups excluding carboxylic acids is 1. The van der Waals surface area contributed by atoms with Crippen molar-refractivity contribution < 1.29 is 9.53 Å². The molecule has 3 N–H and O–H groups in total. The Bertz CT molecular complexity index is 580. The van der Waals surface area contributed by atoms with E-state index in [1.807, 2.05) is 6.92 Å². The van der Waals surface area contributed by atoms with Gasteiger partial charge in [-0.25, -0.2) is 4.98 Å². The summed E-state index contributed by atoms with van der Waals surface area (Å²) in [4.78, 5) is 16.6. The molecule has 0 spiro atoms. The van der Waals surface area contributed by atoms with Crippen LogP contribution in [-0.2, 0) is 0 Å². The van der Waals surface area contributed by atoms with Crippen molar-refractivity contribution in [3.8, 4) is 5.75 Å². The lowest BCUT2D eigenvalue weighted by molar-refractivity contribution is 0.103. The van der Waals surface area contributed by atoms with Gasteiger partial charge in [0, 0.05) is 11.4 Å². The van der Waals surface area contributed by atoms with Crippen LogP contribution in [0.25, 0.3) is 0 Å². The van der Waals surface area contributed by atoms with Crippen molar-refractivity contribution in [2.24, 2.45) is 0 Å². The highest BCUT2D eigenvalue weighted by molar-refractivity contribution is 7.12. The molecule has 18 heavy (non-hydrogen) atoms. The van der Waals surface area contributed by atoms with Gasteiger partial charge in [-0.1, -0.05) is 0 Å². The molecule has 0 bridgehead atoms. The number of aryl methyl sites for hydroxylation is 1. The van der Waals surface area contributed by atoms with Gasteiger partial charge >= 0.3 is 0 Å². The van der Waals surface area contributed by atoms with Crippen molar-refractivity contribution in [3.63, 3.8) is 0 Å². The van der Waals surface area contributed by atoms with Crippen LogP contribution in [0.15, 0.2) is 23.7 Å². The number of nitrogens with zero attached hydrogens (tertiary/aromatic N) is 1. The molecule has 0 unspecified atom stereocenters. The number of anilines is 2. The number of rotatable bonds is 3. The first kappa shape index (κ1) is 12.4. The quantitative estimate of drug-likeness (QED) is 0.890. The number of ether oxygens (including phenoxy) is 1. The Kier molecular flexibility index (Phi) is 3.47. The molecule has 2 aromatic rings. The van der Waals surface area contributed by atoms with Crippen molar-refractivity contribution in [1.29, 1.82) is 0 Å². The maximum absolute atomic E-state index is 12.0. The third-order valence-electron chi connectivity index (χ3n) is 2.37. The molecule has 0 aliphatic heterocycles. The van der Waals surface area contributed by atoms with Gasteiger partial charge in [-0.15, -0.1) is 11.3 Å². The van der Waals surface area contributed by atoms with Crippen molar-refractivity contribution >= 4 is 28.7 Å². The van der Waals surface area contributed by atoms with Crippen LogP contribution in [0, 0.1) is 6.92 Å². The Morgan fingerprint density at radius 2 is 2.28 bits per heavy atom. The van der Waals surface area contributed by atoms with Crippen LogP contribution < -0.4 is 15.8 Å². The molecule has 6 heteroatoms. The SMILES string of the molecule is COc1csc(C(=O)Nc2ncc(N)cc2C)c1. The summed E-state index contributed by atoms with van der Waals surface area (Å²) in [6.45, 7) is 1.84. The molecule has 5 nitrogen and oxygen atoms in total. The average Bonchev–Trinajstić information content (AvgIpc) is 2.81. The van der Waals surface area contributed by atoms with Gasteiger partial charge in [0.25, 0.3) is 5.91 Å². The van der Waals surface area contributed by atoms with Crippen molar-refractivity contribution in [3.05, 3.63) is 34.2 Å². The van der Waals surface area contributed by atoms with E-state index in [4.69, 9.17) is 10.5 Å². The molecule has 0 aliphatic carbocycles. The molecule has 1 amide bonds. The standard InChI is InChI=1S/C12H13N3O2S/c1-7-3-8(13)5-14-11(7)15-12(16)10-4-9(17-2)6-18-10/h3-6H,13H2,1-2H3,(H,14,15,16). The zero-order valence-electron chi connectivity index (χ0n) is 10.1. The number of nitrogens with two attached hydrogens (primary N) is 1. The molecule has 0 saturated heterocycles. The number of nitrogens with one attached hydrogen (secondary N) is 1. The van der Waals surface area contributed by atoms with Gasteiger partial charge in [0.15, 0.2) is 0 Å². The Morgan fingerprint density at radius 3 is 2.89 bits per heavy atom. The Morgan fingerprint density at radius 1 is 1.50 bits per heavy atom. The predicted octanol–water partition coefficient (Wildman–Crippen LogP) is 2.29. The summed E-state index contributed by atoms with van der Waals surface area (Å²) in [5.41, 5.74) is 7.00. The second-order valence-electron chi connectivity index (χ2n) is 3.74. The van der Waals surface area contributed by atoms with E-state index in [0.29, 0.717) is 22.1 Å². The van der Waals surface area contributed by atoms with E-state index in [9.17, 15) is 4.79 Å². The van der Waals surface area contributed by atoms with Gasteiger partial charge in [-0.2, -0.15) is 0 Å². The highest BCUT2D eigenvalue weighted by atomic mass is 32.1. The fourth-order valence-corrected chi connectivity index (χ4v) is 2.19. The average molecular weight is 263 g/mol. The number of aromatic nitrogens is 1. The van der Waals surface area contributed by atoms with Gasteiger partial charge in [0.2, 0.25) is 0 Å². The van der Waals surface area contributed by atoms with Crippen LogP contribution in [0.2, 0.25) is 0 Å². The highest BCUT2D eigenvalue weighted by Gasteiger charge is 2.11. The zero-order chi connectivity index (χ0) is 13.1. The Labute approximate surface area is 109 Å². The summed E-state index contributed by atoms with van der Waals surface area (Å²) in [7, 11) is 1.56. The Hall–Kier alpha value is -2.08. The molecule has 0 aliphatic rings. The zero-order valence-corrected chi connectivity index (χ0v) is 10.9. The molecule has 2 heterocycles. The van der Waals surface area contributed by atoms with E-state index in [-0.39, 0.29) is 5.91 Å². The monoisotopic (exact) mass is 263 g/mol. The maximum Gasteiger partial charge on any atom is 0.267 e. The largest absolute Gasteiger partial charge is 0.496 e. The van der Waals surface area contributed by atoms with E-state index in [1.165, 1.54) is 17.5 Å². The minimum absolute atomic E-state index is 0.205. The van der Waals surface area contributed by atoms with Crippen molar-refractivity contribution in [1.82, 2.24) is 4.98 Å². The number of nitrogen functional groups attached to an aromatic ring is 1. The molecule has 0 atom stereocenters. The summed E-state index contributed by atoms with van der Waals surface area (Å²) in [5.74, 6) is 0.984. The van der Waals surface area contributed by atoms with Crippen LogP contribution in [-0.4, -0.2) is 18.0 Å². The first-order valence-corrected chi connectivity index (χ1v) is 6.14. The number of carbonyl (C=O) groups is 1. The number of hydrogen-bond acceptors (Lipinski definition) is 5. The highest BCUT2D eigenvalue weighted by Crippen LogP contribution is 2.22. The molecule has 0 radical (unpaired) electrons. The number of pyridine rings is 1. The molecule has 2 rings (SSSR count). The third-order valence-corrected chi connectivity index (χ3v) is 3.27. The van der Waals surface area contributed by atoms with Gasteiger partial charge in [-0.3, -0.25) is 4.79 Å². The molecule has 2 aromatic heterocycles. The smallest absolute Gasteiger partial charge is 0.267 e. The predicted molar refractivity (Wildman–Crippen MR) is 72.2 cm³/mol. The summed E-state index contributed by atoms with van der Waals surface area (Å²) in [6.07, 6.45) is 1.51. The summed E-state index contributed by atoms with van der Waals surface area (Å²) >= 11 is 1.32. The number of thiophene rings is 1. The molecule has 0 saturated carbocycles.